The molecule has 0 saturated carbocycles. The van der Waals surface area contributed by atoms with Crippen molar-refractivity contribution in [3.63, 3.8) is 0 Å². The standard InChI is InChI=1S/C6H8N2.H2S/c1-2-3-6-7-4-5-8-6;/h2,4-5H,1,3H2,(H,7,8);1H2. The number of nitrogens with one attached hydrogen (secondary N) is 1. The maximum Gasteiger partial charge on any atom is 0.109 e. The average molecular weight is 142 g/mol. The third kappa shape index (κ3) is 2.37. The van der Waals surface area contributed by atoms with E-state index in [1.807, 2.05) is 6.08 Å². The number of imidazole rings is 1. The monoisotopic (exact) mass is 142 g/mol. The van der Waals surface area contributed by atoms with Gasteiger partial charge < -0.3 is 4.98 Å². The summed E-state index contributed by atoms with van der Waals surface area (Å²) in [6.45, 7) is 3.58. The molecule has 50 valence electrons. The van der Waals surface area contributed by atoms with Crippen LogP contribution in [0.4, 0.5) is 0 Å². The molecule has 1 rings (SSSR count). The number of nitrogens with zero attached hydrogens (tertiary/aromatic N) is 1. The van der Waals surface area contributed by atoms with Gasteiger partial charge in [-0.05, 0) is 0 Å². The highest BCUT2D eigenvalue weighted by molar-refractivity contribution is 7.59. The molecule has 0 radical (unpaired) electrons. The first kappa shape index (κ1) is 8.30. The number of H-pyrrole nitrogens is 1. The van der Waals surface area contributed by atoms with Gasteiger partial charge in [-0.25, -0.2) is 4.98 Å². The minimum atomic E-state index is 0. The summed E-state index contributed by atoms with van der Waals surface area (Å²) in [5.41, 5.74) is 0. The molecule has 0 bridgehead atoms. The molecule has 1 heterocycles. The molecule has 0 aliphatic carbocycles. The van der Waals surface area contributed by atoms with Crippen molar-refractivity contribution in [2.24, 2.45) is 0 Å². The van der Waals surface area contributed by atoms with E-state index in [0.717, 1.165) is 12.2 Å². The Morgan fingerprint density at radius 3 is 3.00 bits per heavy atom. The van der Waals surface area contributed by atoms with Crippen LogP contribution < -0.4 is 0 Å². The molecule has 0 saturated heterocycles. The molecule has 1 aromatic heterocycles. The normalized spacial score (nSPS) is 8.00. The summed E-state index contributed by atoms with van der Waals surface area (Å²) in [6.07, 6.45) is 6.18. The fraction of sp³-hybridized carbons (Fsp3) is 0.167. The molecule has 2 nitrogen and oxygen atoms in total. The highest BCUT2D eigenvalue weighted by Gasteiger charge is 1.85. The van der Waals surface area contributed by atoms with Crippen molar-refractivity contribution in [1.82, 2.24) is 9.97 Å². The quantitative estimate of drug-likeness (QED) is 0.618. The Labute approximate surface area is 61.5 Å². The van der Waals surface area contributed by atoms with Crippen molar-refractivity contribution < 1.29 is 0 Å². The van der Waals surface area contributed by atoms with E-state index < -0.39 is 0 Å². The van der Waals surface area contributed by atoms with Gasteiger partial charge in [0.05, 0.1) is 0 Å². The van der Waals surface area contributed by atoms with Gasteiger partial charge in [-0.3, -0.25) is 0 Å². The van der Waals surface area contributed by atoms with E-state index in [1.165, 1.54) is 0 Å². The van der Waals surface area contributed by atoms with E-state index in [0.29, 0.717) is 0 Å². The Balaban J connectivity index is 0.000000640. The minimum Gasteiger partial charge on any atom is -0.348 e. The number of hydrogen-bond donors (Lipinski definition) is 1. The summed E-state index contributed by atoms with van der Waals surface area (Å²) in [4.78, 5) is 6.93. The van der Waals surface area contributed by atoms with Crippen molar-refractivity contribution in [2.75, 3.05) is 0 Å². The SMILES string of the molecule is C=CCc1ncc[nH]1.S. The van der Waals surface area contributed by atoms with Crippen LogP contribution in [-0.2, 0) is 6.42 Å². The van der Waals surface area contributed by atoms with E-state index in [9.17, 15) is 0 Å². The lowest BCUT2D eigenvalue weighted by Gasteiger charge is -1.82. The van der Waals surface area contributed by atoms with Gasteiger partial charge in [0.2, 0.25) is 0 Å². The summed E-state index contributed by atoms with van der Waals surface area (Å²) < 4.78 is 0. The number of allylic oxidation sites excluding steroid dienone is 1. The molecule has 3 heteroatoms. The van der Waals surface area contributed by atoms with E-state index >= 15 is 0 Å². The van der Waals surface area contributed by atoms with Gasteiger partial charge in [0.1, 0.15) is 5.82 Å². The van der Waals surface area contributed by atoms with Gasteiger partial charge in [-0.1, -0.05) is 6.08 Å². The average Bonchev–Trinajstić information content (AvgIpc) is 2.19. The van der Waals surface area contributed by atoms with Crippen molar-refractivity contribution >= 4 is 13.5 Å². The largest absolute Gasteiger partial charge is 0.348 e. The lowest BCUT2D eigenvalue weighted by atomic mass is 10.4. The number of rotatable bonds is 2. The van der Waals surface area contributed by atoms with Crippen LogP contribution in [-0.4, -0.2) is 9.97 Å². The summed E-state index contributed by atoms with van der Waals surface area (Å²) >= 11 is 0. The van der Waals surface area contributed by atoms with Gasteiger partial charge in [-0.2, -0.15) is 13.5 Å². The molecule has 1 N–H and O–H groups in total. The molecule has 0 atom stereocenters. The van der Waals surface area contributed by atoms with Crippen LogP contribution in [0.5, 0.6) is 0 Å². The zero-order chi connectivity index (χ0) is 5.82. The highest BCUT2D eigenvalue weighted by atomic mass is 32.1. The Morgan fingerprint density at radius 1 is 1.78 bits per heavy atom. The first-order valence-corrected chi connectivity index (χ1v) is 2.52. The van der Waals surface area contributed by atoms with Crippen LogP contribution in [0.2, 0.25) is 0 Å². The second-order valence-corrected chi connectivity index (χ2v) is 1.53. The van der Waals surface area contributed by atoms with Crippen LogP contribution in [0.15, 0.2) is 25.0 Å². The number of aromatic amines is 1. The molecule has 0 amide bonds. The molecule has 0 unspecified atom stereocenters. The van der Waals surface area contributed by atoms with E-state index in [-0.39, 0.29) is 13.5 Å². The lowest BCUT2D eigenvalue weighted by Crippen LogP contribution is -1.80. The van der Waals surface area contributed by atoms with Crippen molar-refractivity contribution in [3.8, 4) is 0 Å². The Hall–Kier alpha value is -0.700. The molecule has 0 fully saturated rings. The summed E-state index contributed by atoms with van der Waals surface area (Å²) in [7, 11) is 0. The minimum absolute atomic E-state index is 0. The second kappa shape index (κ2) is 4.21. The van der Waals surface area contributed by atoms with Crippen LogP contribution in [0.1, 0.15) is 5.82 Å². The van der Waals surface area contributed by atoms with E-state index in [4.69, 9.17) is 0 Å². The molecule has 0 aliphatic rings. The third-order valence-electron chi connectivity index (χ3n) is 0.893. The predicted octanol–water partition coefficient (Wildman–Crippen LogP) is 1.25. The first-order valence-electron chi connectivity index (χ1n) is 2.52. The van der Waals surface area contributed by atoms with Gasteiger partial charge in [0.15, 0.2) is 0 Å². The third-order valence-corrected chi connectivity index (χ3v) is 0.893. The second-order valence-electron chi connectivity index (χ2n) is 1.53. The van der Waals surface area contributed by atoms with E-state index in [2.05, 4.69) is 16.5 Å². The fourth-order valence-corrected chi connectivity index (χ4v) is 0.546. The van der Waals surface area contributed by atoms with Gasteiger partial charge in [0.25, 0.3) is 0 Å². The summed E-state index contributed by atoms with van der Waals surface area (Å²) in [5.74, 6) is 0.972. The molecular formula is C6H10N2S. The van der Waals surface area contributed by atoms with Crippen LogP contribution in [0, 0.1) is 0 Å². The summed E-state index contributed by atoms with van der Waals surface area (Å²) in [6, 6.07) is 0. The topological polar surface area (TPSA) is 28.7 Å². The van der Waals surface area contributed by atoms with E-state index in [1.54, 1.807) is 12.4 Å². The Bertz CT molecular complexity index is 158. The van der Waals surface area contributed by atoms with Crippen molar-refractivity contribution in [3.05, 3.63) is 30.9 Å². The Kier molecular flexibility index (Phi) is 3.88. The molecule has 0 aromatic carbocycles. The summed E-state index contributed by atoms with van der Waals surface area (Å²) in [5, 5.41) is 0. The number of hydrogen-bond acceptors (Lipinski definition) is 1. The highest BCUT2D eigenvalue weighted by Crippen LogP contribution is 1.88. The van der Waals surface area contributed by atoms with Crippen molar-refractivity contribution in [2.45, 2.75) is 6.42 Å². The maximum atomic E-state index is 3.98. The van der Waals surface area contributed by atoms with Gasteiger partial charge in [0, 0.05) is 18.8 Å². The van der Waals surface area contributed by atoms with Gasteiger partial charge in [-0.15, -0.1) is 6.58 Å². The van der Waals surface area contributed by atoms with Crippen molar-refractivity contribution in [1.29, 1.82) is 0 Å². The number of aromatic nitrogens is 2. The van der Waals surface area contributed by atoms with Crippen LogP contribution >= 0.6 is 13.5 Å². The zero-order valence-corrected chi connectivity index (χ0v) is 6.09. The molecular weight excluding hydrogens is 132 g/mol. The molecule has 1 aromatic rings. The maximum absolute atomic E-state index is 3.98. The van der Waals surface area contributed by atoms with Crippen LogP contribution in [0.3, 0.4) is 0 Å². The first-order chi connectivity index (χ1) is 3.93. The molecule has 0 aliphatic heterocycles. The zero-order valence-electron chi connectivity index (χ0n) is 5.09. The molecule has 9 heavy (non-hydrogen) atoms. The van der Waals surface area contributed by atoms with Gasteiger partial charge >= 0.3 is 0 Å². The fourth-order valence-electron chi connectivity index (χ4n) is 0.546. The lowest BCUT2D eigenvalue weighted by molar-refractivity contribution is 1.06. The predicted molar refractivity (Wildman–Crippen MR) is 42.9 cm³/mol. The molecule has 0 spiro atoms. The van der Waals surface area contributed by atoms with Crippen LogP contribution in [0.25, 0.3) is 0 Å². The Morgan fingerprint density at radius 2 is 2.56 bits per heavy atom. The smallest absolute Gasteiger partial charge is 0.109 e.